The highest BCUT2D eigenvalue weighted by Gasteiger charge is 2.43. The van der Waals surface area contributed by atoms with E-state index in [-0.39, 0.29) is 12.1 Å². The van der Waals surface area contributed by atoms with Crippen molar-refractivity contribution in [3.8, 4) is 5.75 Å². The molecule has 124 valence electrons. The van der Waals surface area contributed by atoms with Crippen molar-refractivity contribution in [1.82, 2.24) is 9.88 Å². The van der Waals surface area contributed by atoms with E-state index in [9.17, 15) is 0 Å². The molecule has 2 aliphatic heterocycles. The van der Waals surface area contributed by atoms with Crippen molar-refractivity contribution in [3.05, 3.63) is 59.4 Å². The SMILES string of the molecule is COc1ccc([C@@H]2[C@@H](c3ccccn3)N=C3S[C@@H](C)CN32)cc1C. The number of methoxy groups -OCH3 is 1. The Balaban J connectivity index is 1.77. The van der Waals surface area contributed by atoms with Crippen LogP contribution in [-0.2, 0) is 0 Å². The second-order valence-corrected chi connectivity index (χ2v) is 7.77. The zero-order valence-corrected chi connectivity index (χ0v) is 15.0. The summed E-state index contributed by atoms with van der Waals surface area (Å²) in [4.78, 5) is 12.0. The third-order valence-corrected chi connectivity index (χ3v) is 5.74. The van der Waals surface area contributed by atoms with Crippen LogP contribution in [0.15, 0.2) is 47.6 Å². The summed E-state index contributed by atoms with van der Waals surface area (Å²) in [6.45, 7) is 5.39. The van der Waals surface area contributed by atoms with E-state index in [1.54, 1.807) is 7.11 Å². The van der Waals surface area contributed by atoms with Gasteiger partial charge in [0.25, 0.3) is 0 Å². The van der Waals surface area contributed by atoms with Gasteiger partial charge in [0.1, 0.15) is 11.8 Å². The molecule has 0 saturated carbocycles. The topological polar surface area (TPSA) is 37.7 Å². The Kier molecular flexibility index (Phi) is 3.96. The first kappa shape index (κ1) is 15.5. The number of thioether (sulfide) groups is 1. The highest BCUT2D eigenvalue weighted by atomic mass is 32.2. The predicted octanol–water partition coefficient (Wildman–Crippen LogP) is 3.99. The number of hydrogen-bond acceptors (Lipinski definition) is 5. The van der Waals surface area contributed by atoms with Crippen LogP contribution < -0.4 is 4.74 Å². The fourth-order valence-corrected chi connectivity index (χ4v) is 4.66. The van der Waals surface area contributed by atoms with Gasteiger partial charge in [-0.3, -0.25) is 9.98 Å². The largest absolute Gasteiger partial charge is 0.496 e. The summed E-state index contributed by atoms with van der Waals surface area (Å²) >= 11 is 1.87. The van der Waals surface area contributed by atoms with Crippen molar-refractivity contribution in [2.45, 2.75) is 31.2 Å². The molecule has 2 aliphatic rings. The Morgan fingerprint density at radius 1 is 1.25 bits per heavy atom. The van der Waals surface area contributed by atoms with Crippen molar-refractivity contribution in [1.29, 1.82) is 0 Å². The van der Waals surface area contributed by atoms with E-state index in [0.717, 1.165) is 28.7 Å². The standard InChI is InChI=1S/C19H21N3OS/c1-12-10-14(7-8-16(12)23-3)18-17(15-6-4-5-9-20-15)21-19-22(18)11-13(2)24-19/h4-10,13,17-18H,11H2,1-3H3/t13-,17+,18+/m0/s1. The van der Waals surface area contributed by atoms with Gasteiger partial charge >= 0.3 is 0 Å². The number of aliphatic imine (C=N–C) groups is 1. The maximum Gasteiger partial charge on any atom is 0.160 e. The Bertz CT molecular complexity index is 777. The van der Waals surface area contributed by atoms with Crippen molar-refractivity contribution >= 4 is 16.9 Å². The number of rotatable bonds is 3. The molecule has 3 atom stereocenters. The highest BCUT2D eigenvalue weighted by molar-refractivity contribution is 8.14. The Morgan fingerprint density at radius 2 is 2.12 bits per heavy atom. The Labute approximate surface area is 147 Å². The third-order valence-electron chi connectivity index (χ3n) is 4.64. The minimum Gasteiger partial charge on any atom is -0.496 e. The maximum atomic E-state index is 5.42. The molecule has 0 radical (unpaired) electrons. The molecule has 0 aliphatic carbocycles. The van der Waals surface area contributed by atoms with Crippen LogP contribution in [0.4, 0.5) is 0 Å². The number of fused-ring (bicyclic) bond motifs is 1. The van der Waals surface area contributed by atoms with Gasteiger partial charge in [0.15, 0.2) is 5.17 Å². The van der Waals surface area contributed by atoms with E-state index in [2.05, 4.69) is 48.0 Å². The molecular weight excluding hydrogens is 318 g/mol. The third kappa shape index (κ3) is 2.57. The van der Waals surface area contributed by atoms with Gasteiger partial charge in [0, 0.05) is 18.0 Å². The van der Waals surface area contributed by atoms with Crippen LogP contribution in [0.1, 0.15) is 35.8 Å². The lowest BCUT2D eigenvalue weighted by atomic mass is 9.95. The summed E-state index contributed by atoms with van der Waals surface area (Å²) in [7, 11) is 1.72. The second-order valence-electron chi connectivity index (χ2n) is 6.37. The van der Waals surface area contributed by atoms with Crippen LogP contribution in [0, 0.1) is 6.92 Å². The molecule has 0 unspecified atom stereocenters. The molecule has 1 aromatic heterocycles. The molecule has 0 amide bonds. The van der Waals surface area contributed by atoms with Crippen molar-refractivity contribution in [2.24, 2.45) is 4.99 Å². The average Bonchev–Trinajstić information content (AvgIpc) is 3.11. The number of pyridine rings is 1. The first-order valence-corrected chi connectivity index (χ1v) is 9.12. The molecule has 5 heteroatoms. The van der Waals surface area contributed by atoms with Gasteiger partial charge in [0.05, 0.1) is 18.8 Å². The van der Waals surface area contributed by atoms with E-state index < -0.39 is 0 Å². The molecule has 0 N–H and O–H groups in total. The minimum absolute atomic E-state index is 0.0500. The molecule has 1 aromatic carbocycles. The zero-order valence-electron chi connectivity index (χ0n) is 14.1. The fraction of sp³-hybridized carbons (Fsp3) is 0.368. The Hall–Kier alpha value is -2.01. The summed E-state index contributed by atoms with van der Waals surface area (Å²) < 4.78 is 5.42. The first-order valence-electron chi connectivity index (χ1n) is 8.24. The average molecular weight is 339 g/mol. The van der Waals surface area contributed by atoms with E-state index in [4.69, 9.17) is 9.73 Å². The summed E-state index contributed by atoms with van der Waals surface area (Å²) in [6.07, 6.45) is 1.85. The van der Waals surface area contributed by atoms with Crippen molar-refractivity contribution < 1.29 is 4.74 Å². The van der Waals surface area contributed by atoms with E-state index in [0.29, 0.717) is 5.25 Å². The van der Waals surface area contributed by atoms with Crippen LogP contribution in [0.25, 0.3) is 0 Å². The van der Waals surface area contributed by atoms with Crippen LogP contribution in [0.3, 0.4) is 0 Å². The van der Waals surface area contributed by atoms with Crippen molar-refractivity contribution in [2.75, 3.05) is 13.7 Å². The van der Waals surface area contributed by atoms with Crippen LogP contribution in [0.2, 0.25) is 0 Å². The summed E-state index contributed by atoms with van der Waals surface area (Å²) in [5.74, 6) is 0.927. The van der Waals surface area contributed by atoms with Gasteiger partial charge in [-0.25, -0.2) is 0 Å². The summed E-state index contributed by atoms with van der Waals surface area (Å²) in [5.41, 5.74) is 3.46. The number of aryl methyl sites for hydroxylation is 1. The number of hydrogen-bond donors (Lipinski definition) is 0. The van der Waals surface area contributed by atoms with Crippen LogP contribution in [-0.4, -0.2) is 34.0 Å². The van der Waals surface area contributed by atoms with Crippen molar-refractivity contribution in [3.63, 3.8) is 0 Å². The fourth-order valence-electron chi connectivity index (χ4n) is 3.56. The normalized spacial score (nSPS) is 25.5. The lowest BCUT2D eigenvalue weighted by Gasteiger charge is -2.27. The molecule has 4 nitrogen and oxygen atoms in total. The van der Waals surface area contributed by atoms with Gasteiger partial charge in [-0.2, -0.15) is 0 Å². The molecule has 1 fully saturated rings. The smallest absolute Gasteiger partial charge is 0.160 e. The first-order chi connectivity index (χ1) is 11.7. The maximum absolute atomic E-state index is 5.42. The molecule has 0 bridgehead atoms. The highest BCUT2D eigenvalue weighted by Crippen LogP contribution is 2.47. The number of amidine groups is 1. The van der Waals surface area contributed by atoms with Gasteiger partial charge in [-0.15, -0.1) is 0 Å². The van der Waals surface area contributed by atoms with E-state index >= 15 is 0 Å². The van der Waals surface area contributed by atoms with Gasteiger partial charge < -0.3 is 9.64 Å². The van der Waals surface area contributed by atoms with Gasteiger partial charge in [-0.05, 0) is 36.2 Å². The molecule has 3 heterocycles. The molecule has 24 heavy (non-hydrogen) atoms. The number of nitrogens with zero attached hydrogens (tertiary/aromatic N) is 3. The molecule has 4 rings (SSSR count). The predicted molar refractivity (Wildman–Crippen MR) is 98.6 cm³/mol. The molecule has 1 saturated heterocycles. The van der Waals surface area contributed by atoms with E-state index in [1.807, 2.05) is 30.1 Å². The molecular formula is C19H21N3OS. The monoisotopic (exact) mass is 339 g/mol. The van der Waals surface area contributed by atoms with Crippen LogP contribution >= 0.6 is 11.8 Å². The summed E-state index contributed by atoms with van der Waals surface area (Å²) in [6, 6.07) is 12.8. The minimum atomic E-state index is 0.0500. The molecule has 0 spiro atoms. The van der Waals surface area contributed by atoms with Gasteiger partial charge in [-0.1, -0.05) is 36.9 Å². The quantitative estimate of drug-likeness (QED) is 0.847. The van der Waals surface area contributed by atoms with E-state index in [1.165, 1.54) is 5.56 Å². The second kappa shape index (κ2) is 6.13. The lowest BCUT2D eigenvalue weighted by molar-refractivity contribution is 0.320. The summed E-state index contributed by atoms with van der Waals surface area (Å²) in [5, 5.41) is 1.73. The zero-order chi connectivity index (χ0) is 16.7. The Morgan fingerprint density at radius 3 is 2.83 bits per heavy atom. The number of ether oxygens (including phenoxy) is 1. The molecule has 2 aromatic rings. The number of benzene rings is 1. The van der Waals surface area contributed by atoms with Crippen LogP contribution in [0.5, 0.6) is 5.75 Å². The van der Waals surface area contributed by atoms with Gasteiger partial charge in [0.2, 0.25) is 0 Å². The number of aromatic nitrogens is 1. The lowest BCUT2D eigenvalue weighted by Crippen LogP contribution is -2.28.